The molecule has 2 heteroatoms. The Morgan fingerprint density at radius 1 is 1.50 bits per heavy atom. The molecule has 0 spiro atoms. The lowest BCUT2D eigenvalue weighted by atomic mass is 9.62. The zero-order valence-electron chi connectivity index (χ0n) is 9.17. The Morgan fingerprint density at radius 3 is 2.71 bits per heavy atom. The fourth-order valence-electron chi connectivity index (χ4n) is 3.08. The van der Waals surface area contributed by atoms with Gasteiger partial charge in [0.05, 0.1) is 12.0 Å². The smallest absolute Gasteiger partial charge is 0.161 e. The van der Waals surface area contributed by atoms with E-state index in [9.17, 15) is 4.79 Å². The van der Waals surface area contributed by atoms with E-state index in [0.29, 0.717) is 6.10 Å². The number of hydrogen-bond acceptors (Lipinski definition) is 2. The third-order valence-corrected chi connectivity index (χ3v) is 3.87. The number of hydrogen-bond donors (Lipinski definition) is 0. The molecule has 1 aliphatic heterocycles. The van der Waals surface area contributed by atoms with Gasteiger partial charge < -0.3 is 4.74 Å². The lowest BCUT2D eigenvalue weighted by Crippen LogP contribution is -2.44. The highest BCUT2D eigenvalue weighted by atomic mass is 16.6. The summed E-state index contributed by atoms with van der Waals surface area (Å²) in [5, 5.41) is 0. The molecule has 0 radical (unpaired) electrons. The number of allylic oxidation sites excluding steroid dienone is 1. The summed E-state index contributed by atoms with van der Waals surface area (Å²) in [5.74, 6) is 0.131. The van der Waals surface area contributed by atoms with E-state index in [2.05, 4.69) is 27.4 Å². The molecule has 0 amide bonds. The zero-order valence-corrected chi connectivity index (χ0v) is 9.17. The predicted octanol–water partition coefficient (Wildman–Crippen LogP) is 2.34. The fraction of sp³-hybridized carbons (Fsp3) is 0.750. The first-order valence-electron chi connectivity index (χ1n) is 5.26. The molecule has 1 saturated heterocycles. The van der Waals surface area contributed by atoms with Crippen LogP contribution in [-0.2, 0) is 9.53 Å². The van der Waals surface area contributed by atoms with Crippen molar-refractivity contribution in [2.75, 3.05) is 0 Å². The predicted molar refractivity (Wildman–Crippen MR) is 55.0 cm³/mol. The monoisotopic (exact) mass is 194 g/mol. The van der Waals surface area contributed by atoms with Crippen LogP contribution in [0.5, 0.6) is 0 Å². The van der Waals surface area contributed by atoms with E-state index in [4.69, 9.17) is 4.74 Å². The van der Waals surface area contributed by atoms with Gasteiger partial charge in [-0.3, -0.25) is 4.79 Å². The minimum atomic E-state index is -0.201. The Hall–Kier alpha value is -0.630. The Morgan fingerprint density at radius 2 is 2.14 bits per heavy atom. The van der Waals surface area contributed by atoms with E-state index in [-0.39, 0.29) is 22.7 Å². The second kappa shape index (κ2) is 2.69. The van der Waals surface area contributed by atoms with E-state index >= 15 is 0 Å². The molecular formula is C12H18O2. The molecule has 1 aliphatic carbocycles. The largest absolute Gasteiger partial charge is 0.366 e. The topological polar surface area (TPSA) is 29.6 Å². The van der Waals surface area contributed by atoms with E-state index in [1.54, 1.807) is 0 Å². The Balaban J connectivity index is 2.32. The van der Waals surface area contributed by atoms with Gasteiger partial charge in [0.2, 0.25) is 0 Å². The molecule has 2 fully saturated rings. The number of fused-ring (bicyclic) bond motifs is 1. The van der Waals surface area contributed by atoms with E-state index in [1.165, 1.54) is 6.08 Å². The summed E-state index contributed by atoms with van der Waals surface area (Å²) in [6.07, 6.45) is 3.91. The van der Waals surface area contributed by atoms with Crippen LogP contribution in [0.1, 0.15) is 33.6 Å². The lowest BCUT2D eigenvalue weighted by molar-refractivity contribution is -0.125. The molecule has 0 N–H and O–H groups in total. The molecular weight excluding hydrogens is 176 g/mol. The van der Waals surface area contributed by atoms with Crippen LogP contribution < -0.4 is 0 Å². The van der Waals surface area contributed by atoms with Gasteiger partial charge in [-0.15, -0.1) is 0 Å². The van der Waals surface area contributed by atoms with Crippen molar-refractivity contribution in [2.24, 2.45) is 11.3 Å². The van der Waals surface area contributed by atoms with Gasteiger partial charge >= 0.3 is 0 Å². The highest BCUT2D eigenvalue weighted by molar-refractivity contribution is 5.93. The maximum atomic E-state index is 11.8. The second-order valence-electron chi connectivity index (χ2n) is 5.36. The number of epoxide rings is 1. The number of ether oxygens (including phenoxy) is 1. The van der Waals surface area contributed by atoms with Crippen LogP contribution in [0.25, 0.3) is 0 Å². The van der Waals surface area contributed by atoms with Crippen molar-refractivity contribution in [1.29, 1.82) is 0 Å². The SMILES string of the molecule is C=CC(=O)[C@H]1C(C)(C)CC[C@@H]2O[C@@]21C. The summed E-state index contributed by atoms with van der Waals surface area (Å²) >= 11 is 0. The average Bonchev–Trinajstić information content (AvgIpc) is 2.74. The molecule has 0 aromatic carbocycles. The third-order valence-electron chi connectivity index (χ3n) is 3.87. The number of rotatable bonds is 2. The number of carbonyl (C=O) groups is 1. The van der Waals surface area contributed by atoms with Crippen molar-refractivity contribution in [3.63, 3.8) is 0 Å². The minimum Gasteiger partial charge on any atom is -0.366 e. The fourth-order valence-corrected chi connectivity index (χ4v) is 3.08. The molecule has 0 bridgehead atoms. The molecule has 2 rings (SSSR count). The van der Waals surface area contributed by atoms with Gasteiger partial charge in [-0.25, -0.2) is 0 Å². The minimum absolute atomic E-state index is 0.00810. The summed E-state index contributed by atoms with van der Waals surface area (Å²) in [6, 6.07) is 0. The molecule has 14 heavy (non-hydrogen) atoms. The maximum absolute atomic E-state index is 11.8. The molecule has 1 heterocycles. The van der Waals surface area contributed by atoms with E-state index in [1.807, 2.05) is 0 Å². The van der Waals surface area contributed by atoms with Crippen LogP contribution in [0.2, 0.25) is 0 Å². The van der Waals surface area contributed by atoms with Crippen LogP contribution in [-0.4, -0.2) is 17.5 Å². The maximum Gasteiger partial charge on any atom is 0.161 e. The van der Waals surface area contributed by atoms with Crippen molar-refractivity contribution in [1.82, 2.24) is 0 Å². The van der Waals surface area contributed by atoms with Crippen LogP contribution in [0, 0.1) is 11.3 Å². The molecule has 2 nitrogen and oxygen atoms in total. The highest BCUT2D eigenvalue weighted by Crippen LogP contribution is 2.58. The average molecular weight is 194 g/mol. The zero-order chi connectivity index (χ0) is 10.6. The molecule has 0 unspecified atom stereocenters. The van der Waals surface area contributed by atoms with Crippen molar-refractivity contribution in [2.45, 2.75) is 45.3 Å². The first kappa shape index (κ1) is 9.91. The van der Waals surface area contributed by atoms with Gasteiger partial charge in [-0.05, 0) is 31.3 Å². The molecule has 0 aromatic heterocycles. The van der Waals surface area contributed by atoms with E-state index < -0.39 is 0 Å². The Kier molecular flexibility index (Phi) is 1.91. The first-order chi connectivity index (χ1) is 6.42. The van der Waals surface area contributed by atoms with Gasteiger partial charge in [0.1, 0.15) is 5.60 Å². The van der Waals surface area contributed by atoms with Crippen molar-refractivity contribution in [3.8, 4) is 0 Å². The van der Waals surface area contributed by atoms with Gasteiger partial charge in [-0.2, -0.15) is 0 Å². The molecule has 1 saturated carbocycles. The summed E-state index contributed by atoms with van der Waals surface area (Å²) in [6.45, 7) is 9.95. The van der Waals surface area contributed by atoms with Crippen LogP contribution >= 0.6 is 0 Å². The van der Waals surface area contributed by atoms with Crippen molar-refractivity contribution in [3.05, 3.63) is 12.7 Å². The van der Waals surface area contributed by atoms with Crippen molar-refractivity contribution < 1.29 is 9.53 Å². The summed E-state index contributed by atoms with van der Waals surface area (Å²) < 4.78 is 5.67. The van der Waals surface area contributed by atoms with E-state index in [0.717, 1.165) is 12.8 Å². The normalized spacial score (nSPS) is 43.9. The van der Waals surface area contributed by atoms with Crippen LogP contribution in [0.15, 0.2) is 12.7 Å². The van der Waals surface area contributed by atoms with Crippen molar-refractivity contribution >= 4 is 5.78 Å². The number of carbonyl (C=O) groups excluding carboxylic acids is 1. The Labute approximate surface area is 85.3 Å². The molecule has 78 valence electrons. The highest BCUT2D eigenvalue weighted by Gasteiger charge is 2.65. The molecule has 2 aliphatic rings. The van der Waals surface area contributed by atoms with Crippen LogP contribution in [0.4, 0.5) is 0 Å². The lowest BCUT2D eigenvalue weighted by Gasteiger charge is -2.38. The first-order valence-corrected chi connectivity index (χ1v) is 5.26. The number of ketones is 1. The van der Waals surface area contributed by atoms with Gasteiger partial charge in [0, 0.05) is 0 Å². The molecule has 3 atom stereocenters. The third kappa shape index (κ3) is 1.17. The standard InChI is InChI=1S/C12H18O2/c1-5-8(13)10-11(2,3)7-6-9-12(10,4)14-9/h5,9-10H,1,6-7H2,2-4H3/t9-,10-,12-/m0/s1. The summed E-state index contributed by atoms with van der Waals surface area (Å²) in [4.78, 5) is 11.8. The Bertz CT molecular complexity index is 288. The summed E-state index contributed by atoms with van der Waals surface area (Å²) in [7, 11) is 0. The summed E-state index contributed by atoms with van der Waals surface area (Å²) in [5.41, 5.74) is -0.153. The van der Waals surface area contributed by atoms with Crippen LogP contribution in [0.3, 0.4) is 0 Å². The molecule has 0 aromatic rings. The van der Waals surface area contributed by atoms with Gasteiger partial charge in [0.15, 0.2) is 5.78 Å². The van der Waals surface area contributed by atoms with Gasteiger partial charge in [0.25, 0.3) is 0 Å². The van der Waals surface area contributed by atoms with Gasteiger partial charge in [-0.1, -0.05) is 20.4 Å². The quantitative estimate of drug-likeness (QED) is 0.499. The second-order valence-corrected chi connectivity index (χ2v) is 5.36.